The molecule has 138 valence electrons. The Morgan fingerprint density at radius 3 is 2.46 bits per heavy atom. The number of hydrogen-bond donors (Lipinski definition) is 1. The number of thiazole rings is 1. The molecule has 5 heteroatoms. The van der Waals surface area contributed by atoms with Gasteiger partial charge < -0.3 is 5.32 Å². The van der Waals surface area contributed by atoms with Gasteiger partial charge >= 0.3 is 4.87 Å². The number of nitrogens with one attached hydrogen (secondary N) is 1. The standard InChI is InChI=1S/C21H26N2O2S/c24-19(13-23-17-3-1-2-4-18(17)26-20(23)25)22-6-5-21-10-14-7-15(11-21)9-16(8-14)12-21/h1-4,14-16H,5-13H2,(H,22,24). The van der Waals surface area contributed by atoms with Gasteiger partial charge in [0.25, 0.3) is 0 Å². The van der Waals surface area contributed by atoms with Gasteiger partial charge in [-0.15, -0.1) is 0 Å². The maximum absolute atomic E-state index is 12.4. The molecule has 26 heavy (non-hydrogen) atoms. The van der Waals surface area contributed by atoms with Crippen molar-refractivity contribution in [3.05, 3.63) is 33.9 Å². The van der Waals surface area contributed by atoms with Crippen LogP contribution in [0.15, 0.2) is 29.1 Å². The minimum Gasteiger partial charge on any atom is -0.355 e. The molecule has 2 aromatic rings. The lowest BCUT2D eigenvalue weighted by Gasteiger charge is -2.57. The van der Waals surface area contributed by atoms with Crippen molar-refractivity contribution in [2.24, 2.45) is 23.2 Å². The number of amides is 1. The Hall–Kier alpha value is -1.62. The Labute approximate surface area is 157 Å². The van der Waals surface area contributed by atoms with Crippen LogP contribution in [0.1, 0.15) is 44.9 Å². The van der Waals surface area contributed by atoms with Crippen molar-refractivity contribution in [2.45, 2.75) is 51.5 Å². The molecule has 0 radical (unpaired) electrons. The second-order valence-electron chi connectivity index (χ2n) is 8.94. The summed E-state index contributed by atoms with van der Waals surface area (Å²) in [5.74, 6) is 2.81. The molecule has 1 aromatic carbocycles. The van der Waals surface area contributed by atoms with E-state index in [1.807, 2.05) is 24.3 Å². The van der Waals surface area contributed by atoms with Crippen LogP contribution in [0.5, 0.6) is 0 Å². The fourth-order valence-corrected chi connectivity index (χ4v) is 7.32. The Kier molecular flexibility index (Phi) is 3.96. The first-order chi connectivity index (χ1) is 12.6. The van der Waals surface area contributed by atoms with Gasteiger partial charge in [-0.2, -0.15) is 0 Å². The molecule has 4 nitrogen and oxygen atoms in total. The average molecular weight is 371 g/mol. The molecule has 4 aliphatic carbocycles. The first-order valence-corrected chi connectivity index (χ1v) is 10.8. The van der Waals surface area contributed by atoms with E-state index in [1.54, 1.807) is 4.57 Å². The Morgan fingerprint density at radius 1 is 1.12 bits per heavy atom. The smallest absolute Gasteiger partial charge is 0.308 e. The van der Waals surface area contributed by atoms with Gasteiger partial charge in [0.15, 0.2) is 0 Å². The van der Waals surface area contributed by atoms with Gasteiger partial charge in [0, 0.05) is 6.54 Å². The van der Waals surface area contributed by atoms with E-state index in [0.29, 0.717) is 5.41 Å². The first-order valence-electron chi connectivity index (χ1n) is 9.95. The summed E-state index contributed by atoms with van der Waals surface area (Å²) in [5.41, 5.74) is 1.35. The fraction of sp³-hybridized carbons (Fsp3) is 0.619. The van der Waals surface area contributed by atoms with Crippen molar-refractivity contribution in [2.75, 3.05) is 6.54 Å². The quantitative estimate of drug-likeness (QED) is 0.871. The number of rotatable bonds is 5. The van der Waals surface area contributed by atoms with E-state index in [2.05, 4.69) is 5.32 Å². The zero-order chi connectivity index (χ0) is 17.7. The molecule has 0 aliphatic heterocycles. The highest BCUT2D eigenvalue weighted by Crippen LogP contribution is 2.61. The minimum atomic E-state index is -0.0533. The van der Waals surface area contributed by atoms with E-state index in [-0.39, 0.29) is 17.3 Å². The van der Waals surface area contributed by atoms with Crippen LogP contribution >= 0.6 is 11.3 Å². The maximum Gasteiger partial charge on any atom is 0.308 e. The first kappa shape index (κ1) is 16.5. The lowest BCUT2D eigenvalue weighted by molar-refractivity contribution is -0.122. The third-order valence-electron chi connectivity index (χ3n) is 7.02. The van der Waals surface area contributed by atoms with E-state index in [1.165, 1.54) is 49.9 Å². The SMILES string of the molecule is O=C(Cn1c(=O)sc2ccccc21)NCCC12CC3CC(CC(C3)C1)C2. The Balaban J connectivity index is 1.20. The van der Waals surface area contributed by atoms with Crippen LogP contribution < -0.4 is 10.2 Å². The molecule has 0 spiro atoms. The summed E-state index contributed by atoms with van der Waals surface area (Å²) >= 11 is 1.21. The van der Waals surface area contributed by atoms with Gasteiger partial charge in [0.05, 0.1) is 10.2 Å². The van der Waals surface area contributed by atoms with Crippen molar-refractivity contribution < 1.29 is 4.79 Å². The van der Waals surface area contributed by atoms with Crippen molar-refractivity contribution in [1.82, 2.24) is 9.88 Å². The predicted octanol–water partition coefficient (Wildman–Crippen LogP) is 3.79. The van der Waals surface area contributed by atoms with Crippen molar-refractivity contribution in [3.8, 4) is 0 Å². The van der Waals surface area contributed by atoms with Crippen molar-refractivity contribution in [3.63, 3.8) is 0 Å². The Morgan fingerprint density at radius 2 is 1.77 bits per heavy atom. The number of benzene rings is 1. The molecule has 0 saturated heterocycles. The van der Waals surface area contributed by atoms with Gasteiger partial charge in [-0.05, 0) is 80.2 Å². The van der Waals surface area contributed by atoms with Crippen LogP contribution in [0.2, 0.25) is 0 Å². The Bertz CT molecular complexity index is 862. The summed E-state index contributed by atoms with van der Waals surface area (Å²) in [6.45, 7) is 0.880. The third-order valence-corrected chi connectivity index (χ3v) is 7.98. The minimum absolute atomic E-state index is 0.0413. The highest BCUT2D eigenvalue weighted by Gasteiger charge is 2.50. The zero-order valence-corrected chi connectivity index (χ0v) is 15.9. The summed E-state index contributed by atoms with van der Waals surface area (Å²) in [6.07, 6.45) is 9.62. The number of fused-ring (bicyclic) bond motifs is 1. The summed E-state index contributed by atoms with van der Waals surface area (Å²) < 4.78 is 2.54. The van der Waals surface area contributed by atoms with Crippen LogP contribution in [0, 0.1) is 23.2 Å². The maximum atomic E-state index is 12.4. The van der Waals surface area contributed by atoms with Gasteiger partial charge in [-0.3, -0.25) is 14.2 Å². The highest BCUT2D eigenvalue weighted by atomic mass is 32.1. The molecule has 1 aromatic heterocycles. The lowest BCUT2D eigenvalue weighted by Crippen LogP contribution is -2.47. The van der Waals surface area contributed by atoms with Crippen molar-refractivity contribution >= 4 is 27.5 Å². The zero-order valence-electron chi connectivity index (χ0n) is 15.1. The molecule has 1 N–H and O–H groups in total. The van der Waals surface area contributed by atoms with Gasteiger partial charge in [0.2, 0.25) is 5.91 Å². The van der Waals surface area contributed by atoms with Crippen LogP contribution in [0.3, 0.4) is 0 Å². The lowest BCUT2D eigenvalue weighted by atomic mass is 9.49. The third kappa shape index (κ3) is 2.90. The molecule has 0 unspecified atom stereocenters. The number of carbonyl (C=O) groups is 1. The number of nitrogens with zero attached hydrogens (tertiary/aromatic N) is 1. The molecule has 4 saturated carbocycles. The summed E-state index contributed by atoms with van der Waals surface area (Å²) in [6, 6.07) is 7.68. The molecule has 6 rings (SSSR count). The fourth-order valence-electron chi connectivity index (χ4n) is 6.43. The van der Waals surface area contributed by atoms with Gasteiger partial charge in [0.1, 0.15) is 6.54 Å². The van der Waals surface area contributed by atoms with E-state index < -0.39 is 0 Å². The molecule has 1 amide bonds. The summed E-state index contributed by atoms with van der Waals surface area (Å²) in [5, 5.41) is 3.09. The second-order valence-corrected chi connectivity index (χ2v) is 9.93. The number of carbonyl (C=O) groups excluding carboxylic acids is 1. The van der Waals surface area contributed by atoms with E-state index in [9.17, 15) is 9.59 Å². The van der Waals surface area contributed by atoms with Crippen LogP contribution in [0.25, 0.3) is 10.2 Å². The van der Waals surface area contributed by atoms with Gasteiger partial charge in [-0.25, -0.2) is 0 Å². The molecule has 1 heterocycles. The number of aromatic nitrogens is 1. The van der Waals surface area contributed by atoms with E-state index in [4.69, 9.17) is 0 Å². The van der Waals surface area contributed by atoms with Crippen LogP contribution in [0.4, 0.5) is 0 Å². The molecule has 4 fully saturated rings. The largest absolute Gasteiger partial charge is 0.355 e. The van der Waals surface area contributed by atoms with Crippen LogP contribution in [-0.2, 0) is 11.3 Å². The average Bonchev–Trinajstić information content (AvgIpc) is 2.89. The molecular weight excluding hydrogens is 344 g/mol. The topological polar surface area (TPSA) is 51.1 Å². The predicted molar refractivity (Wildman–Crippen MR) is 104 cm³/mol. The molecule has 4 bridgehead atoms. The summed E-state index contributed by atoms with van der Waals surface area (Å²) in [4.78, 5) is 24.6. The van der Waals surface area contributed by atoms with Crippen molar-refractivity contribution in [1.29, 1.82) is 0 Å². The van der Waals surface area contributed by atoms with Gasteiger partial charge in [-0.1, -0.05) is 23.5 Å². The molecule has 4 aliphatic rings. The molecular formula is C21H26N2O2S. The van der Waals surface area contributed by atoms with Crippen LogP contribution in [-0.4, -0.2) is 17.0 Å². The second kappa shape index (κ2) is 6.22. The number of hydrogen-bond acceptors (Lipinski definition) is 3. The van der Waals surface area contributed by atoms with E-state index >= 15 is 0 Å². The normalized spacial score (nSPS) is 32.2. The molecule has 0 atom stereocenters. The highest BCUT2D eigenvalue weighted by molar-refractivity contribution is 7.16. The number of para-hydroxylation sites is 1. The van der Waals surface area contributed by atoms with E-state index in [0.717, 1.165) is 40.9 Å². The monoisotopic (exact) mass is 370 g/mol. The summed E-state index contributed by atoms with van der Waals surface area (Å²) in [7, 11) is 0.